The van der Waals surface area contributed by atoms with Crippen LogP contribution in [0.15, 0.2) is 41.1 Å². The molecule has 7 nitrogen and oxygen atoms in total. The number of carbonyl (C=O) groups is 2. The van der Waals surface area contributed by atoms with Gasteiger partial charge in [0.2, 0.25) is 0 Å². The standard InChI is InChI=1S/C20H28N2O.C4H4O4/c1-4-11-22(12-5-2)17-10-9-16-7-6-8-18(19(16)13-17)20-15(3)14-21-23-20;5-3(6)1-2-4(7)8/h6-8,14,17H,4-5,9-13H2,1-3H3;1-2H,(H,5,6)(H,7,8). The molecule has 1 aliphatic rings. The van der Waals surface area contributed by atoms with E-state index in [1.807, 2.05) is 6.20 Å². The Labute approximate surface area is 183 Å². The Morgan fingerprint density at radius 2 is 1.81 bits per heavy atom. The van der Waals surface area contributed by atoms with E-state index in [1.54, 1.807) is 0 Å². The summed E-state index contributed by atoms with van der Waals surface area (Å²) >= 11 is 0. The summed E-state index contributed by atoms with van der Waals surface area (Å²) in [7, 11) is 0. The summed E-state index contributed by atoms with van der Waals surface area (Å²) in [6.45, 7) is 9.05. The highest BCUT2D eigenvalue weighted by Gasteiger charge is 2.26. The molecule has 0 fully saturated rings. The van der Waals surface area contributed by atoms with Gasteiger partial charge in [0.1, 0.15) is 0 Å². The number of carboxylic acid groups (broad SMARTS) is 2. The highest BCUT2D eigenvalue weighted by molar-refractivity contribution is 5.89. The minimum atomic E-state index is -1.26. The number of benzene rings is 1. The van der Waals surface area contributed by atoms with Gasteiger partial charge < -0.3 is 19.6 Å². The van der Waals surface area contributed by atoms with E-state index in [2.05, 4.69) is 49.0 Å². The first-order valence-electron chi connectivity index (χ1n) is 10.8. The molecule has 0 aliphatic heterocycles. The number of hydrogen-bond donors (Lipinski definition) is 2. The van der Waals surface area contributed by atoms with E-state index in [0.29, 0.717) is 18.2 Å². The van der Waals surface area contributed by atoms with Crippen LogP contribution in [0.3, 0.4) is 0 Å². The molecule has 3 rings (SSSR count). The minimum Gasteiger partial charge on any atom is -0.478 e. The first-order valence-corrected chi connectivity index (χ1v) is 10.8. The van der Waals surface area contributed by atoms with Crippen molar-refractivity contribution in [2.75, 3.05) is 13.1 Å². The molecule has 1 aromatic heterocycles. The third-order valence-corrected chi connectivity index (χ3v) is 5.36. The molecule has 0 bridgehead atoms. The topological polar surface area (TPSA) is 104 Å². The molecule has 168 valence electrons. The van der Waals surface area contributed by atoms with Gasteiger partial charge in [-0.25, -0.2) is 9.59 Å². The lowest BCUT2D eigenvalue weighted by atomic mass is 9.83. The van der Waals surface area contributed by atoms with E-state index in [-0.39, 0.29) is 0 Å². The molecule has 2 aromatic rings. The molecule has 1 heterocycles. The number of fused-ring (bicyclic) bond motifs is 1. The van der Waals surface area contributed by atoms with Gasteiger partial charge in [-0.05, 0) is 63.2 Å². The highest BCUT2D eigenvalue weighted by atomic mass is 16.5. The summed E-state index contributed by atoms with van der Waals surface area (Å²) in [5.74, 6) is -1.57. The second kappa shape index (κ2) is 12.1. The van der Waals surface area contributed by atoms with Gasteiger partial charge in [-0.15, -0.1) is 0 Å². The van der Waals surface area contributed by atoms with E-state index >= 15 is 0 Å². The van der Waals surface area contributed by atoms with Gasteiger partial charge in [0.05, 0.1) is 6.20 Å². The SMILES string of the molecule is CCCN(CCC)C1CCc2cccc(-c3oncc3C)c2C1.O=C(O)C=CC(=O)O. The van der Waals surface area contributed by atoms with Gasteiger partial charge in [-0.3, -0.25) is 0 Å². The fourth-order valence-corrected chi connectivity index (χ4v) is 4.04. The fraction of sp³-hybridized carbons (Fsp3) is 0.458. The number of aryl methyl sites for hydroxylation is 2. The van der Waals surface area contributed by atoms with Crippen LogP contribution in [0, 0.1) is 6.92 Å². The van der Waals surface area contributed by atoms with E-state index in [1.165, 1.54) is 55.5 Å². The van der Waals surface area contributed by atoms with Gasteiger partial charge in [0, 0.05) is 29.3 Å². The van der Waals surface area contributed by atoms with Crippen molar-refractivity contribution in [3.05, 3.63) is 53.2 Å². The summed E-state index contributed by atoms with van der Waals surface area (Å²) in [4.78, 5) is 21.8. The number of aliphatic carboxylic acids is 2. The largest absolute Gasteiger partial charge is 0.478 e. The molecule has 2 N–H and O–H groups in total. The lowest BCUT2D eigenvalue weighted by molar-refractivity contribution is -0.134. The van der Waals surface area contributed by atoms with Crippen molar-refractivity contribution >= 4 is 11.9 Å². The normalized spacial score (nSPS) is 15.4. The van der Waals surface area contributed by atoms with Crippen molar-refractivity contribution in [2.45, 2.75) is 58.9 Å². The smallest absolute Gasteiger partial charge is 0.328 e. The Bertz CT molecular complexity index is 881. The van der Waals surface area contributed by atoms with Crippen molar-refractivity contribution in [1.82, 2.24) is 10.1 Å². The van der Waals surface area contributed by atoms with Crippen molar-refractivity contribution in [2.24, 2.45) is 0 Å². The van der Waals surface area contributed by atoms with Crippen LogP contribution in [-0.2, 0) is 22.4 Å². The molecule has 7 heteroatoms. The predicted molar refractivity (Wildman–Crippen MR) is 119 cm³/mol. The van der Waals surface area contributed by atoms with Crippen LogP contribution in [0.1, 0.15) is 49.8 Å². The zero-order valence-electron chi connectivity index (χ0n) is 18.5. The second-order valence-corrected chi connectivity index (χ2v) is 7.72. The molecule has 1 atom stereocenters. The molecule has 1 unspecified atom stereocenters. The zero-order valence-corrected chi connectivity index (χ0v) is 18.5. The quantitative estimate of drug-likeness (QED) is 0.603. The predicted octanol–water partition coefficient (Wildman–Crippen LogP) is 4.34. The second-order valence-electron chi connectivity index (χ2n) is 7.72. The number of aromatic nitrogens is 1. The van der Waals surface area contributed by atoms with Gasteiger partial charge in [-0.2, -0.15) is 0 Å². The number of carboxylic acids is 2. The first kappa shape index (κ1) is 24.3. The Morgan fingerprint density at radius 3 is 2.32 bits per heavy atom. The molecule has 0 saturated carbocycles. The molecule has 0 amide bonds. The van der Waals surface area contributed by atoms with Crippen LogP contribution < -0.4 is 0 Å². The molecule has 0 saturated heterocycles. The summed E-state index contributed by atoms with van der Waals surface area (Å²) < 4.78 is 5.54. The third kappa shape index (κ3) is 7.07. The third-order valence-electron chi connectivity index (χ3n) is 5.36. The number of nitrogens with zero attached hydrogens (tertiary/aromatic N) is 2. The van der Waals surface area contributed by atoms with E-state index < -0.39 is 11.9 Å². The van der Waals surface area contributed by atoms with E-state index in [9.17, 15) is 9.59 Å². The van der Waals surface area contributed by atoms with E-state index in [4.69, 9.17) is 14.7 Å². The summed E-state index contributed by atoms with van der Waals surface area (Å²) in [6.07, 6.45) is 8.96. The van der Waals surface area contributed by atoms with Crippen molar-refractivity contribution in [3.63, 3.8) is 0 Å². The molecule has 0 radical (unpaired) electrons. The maximum atomic E-state index is 9.55. The van der Waals surface area contributed by atoms with Crippen molar-refractivity contribution in [3.8, 4) is 11.3 Å². The van der Waals surface area contributed by atoms with Crippen molar-refractivity contribution < 1.29 is 24.3 Å². The Balaban J connectivity index is 0.000000366. The Kier molecular flexibility index (Phi) is 9.46. The monoisotopic (exact) mass is 428 g/mol. The molecule has 1 aromatic carbocycles. The molecular weight excluding hydrogens is 396 g/mol. The summed E-state index contributed by atoms with van der Waals surface area (Å²) in [5, 5.41) is 19.6. The van der Waals surface area contributed by atoms with Crippen LogP contribution >= 0.6 is 0 Å². The van der Waals surface area contributed by atoms with Gasteiger partial charge in [-0.1, -0.05) is 37.2 Å². The summed E-state index contributed by atoms with van der Waals surface area (Å²) in [6, 6.07) is 7.29. The highest BCUT2D eigenvalue weighted by Crippen LogP contribution is 2.34. The number of rotatable bonds is 8. The lowest BCUT2D eigenvalue weighted by Gasteiger charge is -2.35. The van der Waals surface area contributed by atoms with E-state index in [0.717, 1.165) is 17.7 Å². The average Bonchev–Trinajstić information content (AvgIpc) is 3.17. The molecule has 1 aliphatic carbocycles. The molecular formula is C24H32N2O5. The first-order chi connectivity index (χ1) is 14.9. The van der Waals surface area contributed by atoms with Crippen LogP contribution in [0.4, 0.5) is 0 Å². The maximum Gasteiger partial charge on any atom is 0.328 e. The van der Waals surface area contributed by atoms with Crippen molar-refractivity contribution in [1.29, 1.82) is 0 Å². The van der Waals surface area contributed by atoms with Crippen LogP contribution in [0.5, 0.6) is 0 Å². The van der Waals surface area contributed by atoms with Gasteiger partial charge in [0.15, 0.2) is 5.76 Å². The minimum absolute atomic E-state index is 0.558. The maximum absolute atomic E-state index is 9.55. The summed E-state index contributed by atoms with van der Waals surface area (Å²) in [5.41, 5.74) is 5.33. The van der Waals surface area contributed by atoms with Crippen LogP contribution in [0.2, 0.25) is 0 Å². The van der Waals surface area contributed by atoms with Crippen LogP contribution in [0.25, 0.3) is 11.3 Å². The molecule has 31 heavy (non-hydrogen) atoms. The zero-order chi connectivity index (χ0) is 22.8. The Morgan fingerprint density at radius 1 is 1.16 bits per heavy atom. The Hall–Kier alpha value is -2.93. The fourth-order valence-electron chi connectivity index (χ4n) is 4.04. The molecule has 0 spiro atoms. The van der Waals surface area contributed by atoms with Crippen LogP contribution in [-0.4, -0.2) is 51.3 Å². The lowest BCUT2D eigenvalue weighted by Crippen LogP contribution is -2.40. The van der Waals surface area contributed by atoms with Gasteiger partial charge >= 0.3 is 11.9 Å². The average molecular weight is 429 g/mol. The van der Waals surface area contributed by atoms with Gasteiger partial charge in [0.25, 0.3) is 0 Å². The number of hydrogen-bond acceptors (Lipinski definition) is 5.